The van der Waals surface area contributed by atoms with Crippen molar-refractivity contribution >= 4 is 23.4 Å². The molecule has 1 aliphatic heterocycles. The summed E-state index contributed by atoms with van der Waals surface area (Å²) < 4.78 is 12.4. The molecule has 0 amide bonds. The summed E-state index contributed by atoms with van der Waals surface area (Å²) in [5.74, 6) is 4.57. The minimum Gasteiger partial charge on any atom is -0.462 e. The van der Waals surface area contributed by atoms with E-state index in [1.165, 1.54) is 51.9 Å². The molecule has 0 aromatic heterocycles. The second kappa shape index (κ2) is 9.17. The molecule has 10 atom stereocenters. The van der Waals surface area contributed by atoms with Crippen LogP contribution in [0.5, 0.6) is 0 Å². The number of fused-ring (bicyclic) bond motifs is 4. The van der Waals surface area contributed by atoms with Crippen LogP contribution < -0.4 is 5.32 Å². The summed E-state index contributed by atoms with van der Waals surface area (Å²) in [6, 6.07) is 0.240. The van der Waals surface area contributed by atoms with Gasteiger partial charge in [-0.3, -0.25) is 4.79 Å². The van der Waals surface area contributed by atoms with Gasteiger partial charge < -0.3 is 14.8 Å². The lowest BCUT2D eigenvalue weighted by molar-refractivity contribution is -0.214. The SMILES string of the molecule is CC(=O)OC1CC[C@]2(C)[C@H]3CC[C@]4(C)[C@@H]([C@H](C)CCCC(C)C)CC[C@H]4[C@@H]3C[C@H]3NC(=S)O[C@@]32C1. The van der Waals surface area contributed by atoms with Crippen LogP contribution in [0.25, 0.3) is 0 Å². The lowest BCUT2D eigenvalue weighted by Gasteiger charge is -2.65. The van der Waals surface area contributed by atoms with Crippen molar-refractivity contribution < 1.29 is 14.3 Å². The highest BCUT2D eigenvalue weighted by Gasteiger charge is 2.71. The third kappa shape index (κ3) is 4.05. The number of nitrogens with one attached hydrogen (secondary N) is 1. The summed E-state index contributed by atoms with van der Waals surface area (Å²) in [5, 5.41) is 4.18. The molecule has 1 heterocycles. The summed E-state index contributed by atoms with van der Waals surface area (Å²) in [6.45, 7) is 14.0. The molecule has 0 aromatic carbocycles. The van der Waals surface area contributed by atoms with E-state index in [2.05, 4.69) is 39.9 Å². The Morgan fingerprint density at radius 2 is 1.89 bits per heavy atom. The van der Waals surface area contributed by atoms with Crippen LogP contribution in [0.15, 0.2) is 0 Å². The normalized spacial score (nSPS) is 47.1. The fraction of sp³-hybridized carbons (Fsp3) is 0.933. The number of hydrogen-bond donors (Lipinski definition) is 1. The van der Waals surface area contributed by atoms with Crippen molar-refractivity contribution in [3.05, 3.63) is 0 Å². The molecule has 0 aromatic rings. The molecule has 5 heteroatoms. The largest absolute Gasteiger partial charge is 0.462 e. The quantitative estimate of drug-likeness (QED) is 0.311. The van der Waals surface area contributed by atoms with Gasteiger partial charge in [0.1, 0.15) is 11.7 Å². The Morgan fingerprint density at radius 1 is 1.11 bits per heavy atom. The third-order valence-corrected chi connectivity index (χ3v) is 12.1. The Bertz CT molecular complexity index is 845. The molecule has 1 N–H and O–H groups in total. The van der Waals surface area contributed by atoms with Crippen LogP contribution in [-0.2, 0) is 14.3 Å². The van der Waals surface area contributed by atoms with Crippen LogP contribution in [0.2, 0.25) is 0 Å². The summed E-state index contributed by atoms with van der Waals surface area (Å²) in [5.41, 5.74) is 0.219. The van der Waals surface area contributed by atoms with E-state index >= 15 is 0 Å². The van der Waals surface area contributed by atoms with Crippen LogP contribution in [0.4, 0.5) is 0 Å². The van der Waals surface area contributed by atoms with Crippen LogP contribution in [0.1, 0.15) is 112 Å². The molecule has 1 unspecified atom stereocenters. The topological polar surface area (TPSA) is 47.6 Å². The first-order valence-electron chi connectivity index (χ1n) is 14.7. The van der Waals surface area contributed by atoms with Gasteiger partial charge >= 0.3 is 5.97 Å². The minimum absolute atomic E-state index is 0.0567. The first kappa shape index (κ1) is 25.8. The second-order valence-corrected chi connectivity index (χ2v) is 14.4. The van der Waals surface area contributed by atoms with Crippen LogP contribution >= 0.6 is 12.2 Å². The molecule has 198 valence electrons. The second-order valence-electron chi connectivity index (χ2n) is 14.0. The van der Waals surface area contributed by atoms with Gasteiger partial charge in [-0.2, -0.15) is 0 Å². The van der Waals surface area contributed by atoms with Gasteiger partial charge in [-0.1, -0.05) is 53.9 Å². The van der Waals surface area contributed by atoms with Crippen molar-refractivity contribution in [1.29, 1.82) is 0 Å². The Hall–Kier alpha value is -0.840. The van der Waals surface area contributed by atoms with E-state index in [4.69, 9.17) is 21.7 Å². The number of carbonyl (C=O) groups excluding carboxylic acids is 1. The van der Waals surface area contributed by atoms with Crippen molar-refractivity contribution in [2.45, 2.75) is 130 Å². The van der Waals surface area contributed by atoms with Gasteiger partial charge in [0.2, 0.25) is 0 Å². The van der Waals surface area contributed by atoms with E-state index in [-0.39, 0.29) is 29.1 Å². The first-order chi connectivity index (χ1) is 16.5. The molecule has 5 fully saturated rings. The molecular weight excluding hydrogens is 454 g/mol. The Morgan fingerprint density at radius 3 is 2.60 bits per heavy atom. The number of esters is 1. The zero-order chi connectivity index (χ0) is 25.2. The maximum Gasteiger partial charge on any atom is 0.302 e. The zero-order valence-electron chi connectivity index (χ0n) is 23.0. The fourth-order valence-corrected chi connectivity index (χ4v) is 10.6. The van der Waals surface area contributed by atoms with Crippen molar-refractivity contribution in [2.24, 2.45) is 46.3 Å². The van der Waals surface area contributed by atoms with Crippen molar-refractivity contribution in [3.8, 4) is 0 Å². The van der Waals surface area contributed by atoms with Gasteiger partial charge in [0.15, 0.2) is 0 Å². The minimum atomic E-state index is -0.334. The molecule has 4 saturated carbocycles. The number of ether oxygens (including phenoxy) is 2. The molecule has 5 rings (SSSR count). The monoisotopic (exact) mass is 503 g/mol. The smallest absolute Gasteiger partial charge is 0.302 e. The lowest BCUT2D eigenvalue weighted by atomic mass is 9.42. The highest BCUT2D eigenvalue weighted by molar-refractivity contribution is 7.80. The standard InChI is InChI=1S/C30H49NO3S/c1-18(2)8-7-9-19(3)23-10-11-24-22-16-26-30(34-27(35)31-26)17-21(33-20(4)32)12-15-29(30,6)25(22)13-14-28(23,24)5/h18-19,21-26H,7-17H2,1-6H3,(H,31,35)/t19-,21?,22+,23-,24+,25+,26-,28-,29-,30+/m1/s1. The first-order valence-corrected chi connectivity index (χ1v) is 15.1. The van der Waals surface area contributed by atoms with E-state index < -0.39 is 0 Å². The maximum atomic E-state index is 11.8. The summed E-state index contributed by atoms with van der Waals surface area (Å²) in [7, 11) is 0. The number of carbonyl (C=O) groups is 1. The molecule has 4 aliphatic carbocycles. The van der Waals surface area contributed by atoms with Gasteiger partial charge in [0.05, 0.1) is 6.04 Å². The zero-order valence-corrected chi connectivity index (χ0v) is 23.8. The van der Waals surface area contributed by atoms with Crippen molar-refractivity contribution in [1.82, 2.24) is 5.32 Å². The van der Waals surface area contributed by atoms with Gasteiger partial charge in [0.25, 0.3) is 5.17 Å². The van der Waals surface area contributed by atoms with Crippen LogP contribution in [-0.4, -0.2) is 28.9 Å². The fourth-order valence-electron chi connectivity index (χ4n) is 10.4. The van der Waals surface area contributed by atoms with Crippen molar-refractivity contribution in [3.63, 3.8) is 0 Å². The van der Waals surface area contributed by atoms with Crippen LogP contribution in [0, 0.1) is 46.3 Å². The molecule has 4 nitrogen and oxygen atoms in total. The van der Waals surface area contributed by atoms with Gasteiger partial charge in [-0.15, -0.1) is 0 Å². The molecule has 0 radical (unpaired) electrons. The Kier molecular flexibility index (Phi) is 6.76. The number of thiocarbonyl (C=S) groups is 1. The highest BCUT2D eigenvalue weighted by Crippen LogP contribution is 2.70. The molecule has 5 aliphatic rings. The van der Waals surface area contributed by atoms with Crippen molar-refractivity contribution in [2.75, 3.05) is 0 Å². The Labute approximate surface area is 219 Å². The number of hydrogen-bond acceptors (Lipinski definition) is 4. The highest BCUT2D eigenvalue weighted by atomic mass is 32.1. The molecule has 1 saturated heterocycles. The van der Waals surface area contributed by atoms with Crippen LogP contribution in [0.3, 0.4) is 0 Å². The van der Waals surface area contributed by atoms with Gasteiger partial charge in [0, 0.05) is 18.8 Å². The summed E-state index contributed by atoms with van der Waals surface area (Å²) in [4.78, 5) is 11.8. The van der Waals surface area contributed by atoms with E-state index in [0.717, 1.165) is 55.3 Å². The summed E-state index contributed by atoms with van der Waals surface area (Å²) in [6.07, 6.45) is 13.5. The van der Waals surface area contributed by atoms with Gasteiger partial charge in [-0.05, 0) is 98.1 Å². The van der Waals surface area contributed by atoms with E-state index in [9.17, 15) is 4.79 Å². The molecule has 35 heavy (non-hydrogen) atoms. The average molecular weight is 504 g/mol. The summed E-state index contributed by atoms with van der Waals surface area (Å²) >= 11 is 5.62. The molecule has 1 spiro atoms. The predicted molar refractivity (Wildman–Crippen MR) is 144 cm³/mol. The van der Waals surface area contributed by atoms with E-state index in [1.54, 1.807) is 0 Å². The van der Waals surface area contributed by atoms with Gasteiger partial charge in [-0.25, -0.2) is 0 Å². The lowest BCUT2D eigenvalue weighted by Crippen LogP contribution is -2.69. The predicted octanol–water partition coefficient (Wildman–Crippen LogP) is 7.05. The molecule has 0 bridgehead atoms. The Balaban J connectivity index is 1.38. The maximum absolute atomic E-state index is 11.8. The average Bonchev–Trinajstić information content (AvgIpc) is 3.28. The van der Waals surface area contributed by atoms with E-state index in [0.29, 0.717) is 16.5 Å². The third-order valence-electron chi connectivity index (χ3n) is 11.9. The number of rotatable bonds is 6. The van der Waals surface area contributed by atoms with E-state index in [1.807, 2.05) is 0 Å². The molecular formula is C30H49NO3S.